The van der Waals surface area contributed by atoms with E-state index in [1.54, 1.807) is 0 Å². The van der Waals surface area contributed by atoms with Crippen molar-refractivity contribution in [3.8, 4) is 0 Å². The number of hydrogen-bond donors (Lipinski definition) is 2. The highest BCUT2D eigenvalue weighted by atomic mass is 19.4. The molecule has 21 heavy (non-hydrogen) atoms. The highest BCUT2D eigenvalue weighted by Crippen LogP contribution is 2.29. The van der Waals surface area contributed by atoms with Gasteiger partial charge in [0.1, 0.15) is 6.04 Å². The SMILES string of the molecule is CNC(=O)[C@H]1CC[C@H](CCC(=O)O)CN1C(=O)C(F)(F)F. The fourth-order valence-corrected chi connectivity index (χ4v) is 2.44. The van der Waals surface area contributed by atoms with Gasteiger partial charge in [0.25, 0.3) is 0 Å². The van der Waals surface area contributed by atoms with Crippen LogP contribution in [0.25, 0.3) is 0 Å². The van der Waals surface area contributed by atoms with Crippen LogP contribution >= 0.6 is 0 Å². The first-order valence-corrected chi connectivity index (χ1v) is 6.48. The van der Waals surface area contributed by atoms with Crippen LogP contribution in [0.15, 0.2) is 0 Å². The molecule has 1 saturated heterocycles. The number of likely N-dealkylation sites (N-methyl/N-ethyl adjacent to an activating group) is 1. The molecule has 6 nitrogen and oxygen atoms in total. The van der Waals surface area contributed by atoms with Crippen molar-refractivity contribution in [1.29, 1.82) is 0 Å². The summed E-state index contributed by atoms with van der Waals surface area (Å²) in [7, 11) is 1.29. The first kappa shape index (κ1) is 17.3. The summed E-state index contributed by atoms with van der Waals surface area (Å²) in [6.07, 6.45) is -4.56. The summed E-state index contributed by atoms with van der Waals surface area (Å²) in [5.41, 5.74) is 0. The number of amides is 2. The van der Waals surface area contributed by atoms with Crippen LogP contribution in [0.5, 0.6) is 0 Å². The molecule has 1 aliphatic heterocycles. The van der Waals surface area contributed by atoms with Gasteiger partial charge >= 0.3 is 18.1 Å². The van der Waals surface area contributed by atoms with Crippen molar-refractivity contribution >= 4 is 17.8 Å². The van der Waals surface area contributed by atoms with E-state index in [0.29, 0.717) is 11.3 Å². The monoisotopic (exact) mass is 310 g/mol. The van der Waals surface area contributed by atoms with Gasteiger partial charge in [-0.3, -0.25) is 14.4 Å². The molecule has 0 spiro atoms. The quantitative estimate of drug-likeness (QED) is 0.803. The van der Waals surface area contributed by atoms with E-state index in [2.05, 4.69) is 5.32 Å². The second kappa shape index (κ2) is 6.77. The van der Waals surface area contributed by atoms with E-state index < -0.39 is 30.0 Å². The molecule has 0 radical (unpaired) electrons. The largest absolute Gasteiger partial charge is 0.481 e. The number of piperidine rings is 1. The molecule has 0 aromatic heterocycles. The minimum absolute atomic E-state index is 0.0891. The molecular formula is C12H17F3N2O4. The lowest BCUT2D eigenvalue weighted by atomic mass is 9.89. The van der Waals surface area contributed by atoms with E-state index in [9.17, 15) is 27.6 Å². The zero-order valence-corrected chi connectivity index (χ0v) is 11.4. The maximum Gasteiger partial charge on any atom is 0.471 e. The zero-order valence-electron chi connectivity index (χ0n) is 11.4. The minimum Gasteiger partial charge on any atom is -0.481 e. The summed E-state index contributed by atoms with van der Waals surface area (Å²) in [6.45, 7) is -0.260. The molecule has 9 heteroatoms. The van der Waals surface area contributed by atoms with Crippen molar-refractivity contribution in [1.82, 2.24) is 10.2 Å². The van der Waals surface area contributed by atoms with Gasteiger partial charge in [-0.15, -0.1) is 0 Å². The van der Waals surface area contributed by atoms with E-state index >= 15 is 0 Å². The Kier molecular flexibility index (Phi) is 5.56. The normalized spacial score (nSPS) is 22.8. The lowest BCUT2D eigenvalue weighted by molar-refractivity contribution is -0.190. The van der Waals surface area contributed by atoms with Gasteiger partial charge in [-0.25, -0.2) is 0 Å². The summed E-state index contributed by atoms with van der Waals surface area (Å²) in [5, 5.41) is 10.8. The average Bonchev–Trinajstić information content (AvgIpc) is 2.42. The molecule has 1 rings (SSSR count). The van der Waals surface area contributed by atoms with E-state index in [0.717, 1.165) is 0 Å². The van der Waals surface area contributed by atoms with Crippen molar-refractivity contribution in [2.45, 2.75) is 37.9 Å². The second-order valence-electron chi connectivity index (χ2n) is 4.96. The molecule has 2 N–H and O–H groups in total. The van der Waals surface area contributed by atoms with Crippen LogP contribution in [0.1, 0.15) is 25.7 Å². The third-order valence-electron chi connectivity index (χ3n) is 3.50. The number of carbonyl (C=O) groups is 3. The topological polar surface area (TPSA) is 86.7 Å². The predicted molar refractivity (Wildman–Crippen MR) is 65.2 cm³/mol. The van der Waals surface area contributed by atoms with Gasteiger partial charge < -0.3 is 15.3 Å². The van der Waals surface area contributed by atoms with Crippen molar-refractivity contribution in [3.63, 3.8) is 0 Å². The van der Waals surface area contributed by atoms with E-state index in [4.69, 9.17) is 5.11 Å². The fourth-order valence-electron chi connectivity index (χ4n) is 2.44. The summed E-state index contributed by atoms with van der Waals surface area (Å²) in [4.78, 5) is 34.1. The third-order valence-corrected chi connectivity index (χ3v) is 3.50. The van der Waals surface area contributed by atoms with Crippen molar-refractivity contribution < 1.29 is 32.7 Å². The number of carboxylic acids is 1. The molecule has 0 aromatic rings. The molecule has 1 heterocycles. The Morgan fingerprint density at radius 2 is 1.90 bits per heavy atom. The van der Waals surface area contributed by atoms with Gasteiger partial charge in [-0.05, 0) is 25.2 Å². The van der Waals surface area contributed by atoms with Crippen LogP contribution in [-0.2, 0) is 14.4 Å². The number of aliphatic carboxylic acids is 1. The van der Waals surface area contributed by atoms with Crippen molar-refractivity contribution in [2.24, 2.45) is 5.92 Å². The van der Waals surface area contributed by atoms with Crippen LogP contribution in [0, 0.1) is 5.92 Å². The van der Waals surface area contributed by atoms with Gasteiger partial charge in [0.15, 0.2) is 0 Å². The molecule has 2 amide bonds. The highest BCUT2D eigenvalue weighted by molar-refractivity contribution is 5.90. The van der Waals surface area contributed by atoms with Gasteiger partial charge in [0.05, 0.1) is 0 Å². The number of carboxylic acid groups (broad SMARTS) is 1. The number of carbonyl (C=O) groups excluding carboxylic acids is 2. The van der Waals surface area contributed by atoms with Gasteiger partial charge in [0, 0.05) is 20.0 Å². The Morgan fingerprint density at radius 1 is 1.29 bits per heavy atom. The van der Waals surface area contributed by atoms with E-state index in [1.807, 2.05) is 0 Å². The number of likely N-dealkylation sites (tertiary alicyclic amines) is 1. The maximum atomic E-state index is 12.6. The molecule has 2 atom stereocenters. The van der Waals surface area contributed by atoms with Crippen molar-refractivity contribution in [2.75, 3.05) is 13.6 Å². The number of rotatable bonds is 4. The molecule has 120 valence electrons. The maximum absolute atomic E-state index is 12.6. The minimum atomic E-state index is -5.05. The molecule has 0 unspecified atom stereocenters. The first-order valence-electron chi connectivity index (χ1n) is 6.48. The van der Waals surface area contributed by atoms with Crippen LogP contribution < -0.4 is 5.32 Å². The summed E-state index contributed by atoms with van der Waals surface area (Å²) < 4.78 is 37.8. The second-order valence-corrected chi connectivity index (χ2v) is 4.96. The Morgan fingerprint density at radius 3 is 2.38 bits per heavy atom. The fraction of sp³-hybridized carbons (Fsp3) is 0.750. The smallest absolute Gasteiger partial charge is 0.471 e. The van der Waals surface area contributed by atoms with Gasteiger partial charge in [0.2, 0.25) is 5.91 Å². The highest BCUT2D eigenvalue weighted by Gasteiger charge is 2.47. The standard InChI is InChI=1S/C12H17F3N2O4/c1-16-10(20)8-4-2-7(3-5-9(18)19)6-17(8)11(21)12(13,14)15/h7-8H,2-6H2,1H3,(H,16,20)(H,18,19)/t7-,8-/m1/s1. The van der Waals surface area contributed by atoms with Gasteiger partial charge in [-0.1, -0.05) is 0 Å². The number of nitrogens with zero attached hydrogens (tertiary/aromatic N) is 1. The number of hydrogen-bond acceptors (Lipinski definition) is 3. The number of nitrogens with one attached hydrogen (secondary N) is 1. The molecule has 0 aromatic carbocycles. The molecule has 0 bridgehead atoms. The summed E-state index contributed by atoms with van der Waals surface area (Å²) >= 11 is 0. The van der Waals surface area contributed by atoms with E-state index in [1.165, 1.54) is 7.05 Å². The zero-order chi connectivity index (χ0) is 16.2. The van der Waals surface area contributed by atoms with E-state index in [-0.39, 0.29) is 31.7 Å². The lowest BCUT2D eigenvalue weighted by Gasteiger charge is -2.38. The van der Waals surface area contributed by atoms with Crippen LogP contribution in [0.3, 0.4) is 0 Å². The van der Waals surface area contributed by atoms with Crippen molar-refractivity contribution in [3.05, 3.63) is 0 Å². The summed E-state index contributed by atoms with van der Waals surface area (Å²) in [6, 6.07) is -1.16. The third kappa shape index (κ3) is 4.61. The number of alkyl halides is 3. The molecule has 0 aliphatic carbocycles. The molecule has 0 saturated carbocycles. The Bertz CT molecular complexity index is 425. The molecular weight excluding hydrogens is 293 g/mol. The Labute approximate surface area is 119 Å². The Balaban J connectivity index is 2.84. The Hall–Kier alpha value is -1.80. The first-order chi connectivity index (χ1) is 9.66. The van der Waals surface area contributed by atoms with Crippen LogP contribution in [-0.4, -0.2) is 53.6 Å². The van der Waals surface area contributed by atoms with Crippen LogP contribution in [0.4, 0.5) is 13.2 Å². The summed E-state index contributed by atoms with van der Waals surface area (Å²) in [5.74, 6) is -4.11. The lowest BCUT2D eigenvalue weighted by Crippen LogP contribution is -2.56. The molecule has 1 fully saturated rings. The van der Waals surface area contributed by atoms with Crippen LogP contribution in [0.2, 0.25) is 0 Å². The number of halogens is 3. The molecule has 1 aliphatic rings. The predicted octanol–water partition coefficient (Wildman–Crippen LogP) is 0.767. The van der Waals surface area contributed by atoms with Gasteiger partial charge in [-0.2, -0.15) is 13.2 Å². The average molecular weight is 310 g/mol.